The van der Waals surface area contributed by atoms with Gasteiger partial charge in [-0.2, -0.15) is 0 Å². The van der Waals surface area contributed by atoms with E-state index in [0.717, 1.165) is 0 Å². The predicted octanol–water partition coefficient (Wildman–Crippen LogP) is -2.79. The fourth-order valence-electron chi connectivity index (χ4n) is 3.04. The van der Waals surface area contributed by atoms with Crippen molar-refractivity contribution in [1.29, 1.82) is 0 Å². The van der Waals surface area contributed by atoms with E-state index in [1.54, 1.807) is 13.8 Å². The van der Waals surface area contributed by atoms with E-state index in [1.165, 1.54) is 12.5 Å². The molecule has 4 amide bonds. The molecule has 1 aromatic heterocycles. The van der Waals surface area contributed by atoms with Crippen LogP contribution in [0.5, 0.6) is 0 Å². The molecule has 0 aliphatic carbocycles. The van der Waals surface area contributed by atoms with Crippen molar-refractivity contribution in [1.82, 2.24) is 25.9 Å². The maximum Gasteiger partial charge on any atom is 0.326 e. The number of nitrogens with one attached hydrogen (secondary N) is 4. The molecule has 0 fully saturated rings. The maximum atomic E-state index is 12.9. The largest absolute Gasteiger partial charge is 0.481 e. The Morgan fingerprint density at radius 3 is 2.00 bits per heavy atom. The Hall–Kier alpha value is -4.01. The summed E-state index contributed by atoms with van der Waals surface area (Å²) in [5, 5.41) is 25.4. The third kappa shape index (κ3) is 10.6. The molecule has 1 aromatic rings. The van der Waals surface area contributed by atoms with Crippen molar-refractivity contribution in [3.05, 3.63) is 18.2 Å². The topological polar surface area (TPSA) is 260 Å². The third-order valence-electron chi connectivity index (χ3n) is 4.70. The lowest BCUT2D eigenvalue weighted by Gasteiger charge is -2.25. The lowest BCUT2D eigenvalue weighted by atomic mass is 10.0. The van der Waals surface area contributed by atoms with Gasteiger partial charge in [0.1, 0.15) is 18.1 Å². The zero-order valence-electron chi connectivity index (χ0n) is 19.3. The highest BCUT2D eigenvalue weighted by atomic mass is 16.4. The number of H-pyrrole nitrogens is 1. The van der Waals surface area contributed by atoms with Crippen LogP contribution < -0.4 is 27.4 Å². The highest BCUT2D eigenvalue weighted by Crippen LogP contribution is 2.08. The van der Waals surface area contributed by atoms with Crippen molar-refractivity contribution >= 4 is 35.6 Å². The fourth-order valence-corrected chi connectivity index (χ4v) is 3.04. The number of imidazole rings is 1. The van der Waals surface area contributed by atoms with Gasteiger partial charge in [-0.05, 0) is 12.3 Å². The molecule has 1 rings (SSSR count). The van der Waals surface area contributed by atoms with Crippen molar-refractivity contribution in [2.45, 2.75) is 63.7 Å². The van der Waals surface area contributed by atoms with Crippen LogP contribution in [0.4, 0.5) is 0 Å². The van der Waals surface area contributed by atoms with E-state index in [0.29, 0.717) is 5.69 Å². The first-order chi connectivity index (χ1) is 16.3. The third-order valence-corrected chi connectivity index (χ3v) is 4.70. The minimum absolute atomic E-state index is 0.0971. The number of primary amides is 1. The number of nitrogens with two attached hydrogens (primary N) is 2. The molecule has 0 radical (unpaired) electrons. The average Bonchev–Trinajstić information content (AvgIpc) is 3.24. The van der Waals surface area contributed by atoms with Gasteiger partial charge in [0.2, 0.25) is 23.6 Å². The zero-order chi connectivity index (χ0) is 26.7. The molecule has 0 saturated heterocycles. The number of carboxylic acid groups (broad SMARTS) is 2. The molecule has 15 heteroatoms. The fraction of sp³-hybridized carbons (Fsp3) is 0.550. The predicted molar refractivity (Wildman–Crippen MR) is 119 cm³/mol. The number of aromatic amines is 1. The normalized spacial score (nSPS) is 14.3. The monoisotopic (exact) mass is 497 g/mol. The number of nitrogens with zero attached hydrogens (tertiary/aromatic N) is 1. The summed E-state index contributed by atoms with van der Waals surface area (Å²) in [7, 11) is 0. The molecule has 0 aliphatic heterocycles. The van der Waals surface area contributed by atoms with Gasteiger partial charge in [-0.3, -0.25) is 24.0 Å². The van der Waals surface area contributed by atoms with Crippen LogP contribution in [0.25, 0.3) is 0 Å². The lowest BCUT2D eigenvalue weighted by Crippen LogP contribution is -2.58. The van der Waals surface area contributed by atoms with Crippen LogP contribution in [0.1, 0.15) is 38.8 Å². The molecule has 15 nitrogen and oxygen atoms in total. The number of rotatable bonds is 15. The van der Waals surface area contributed by atoms with Crippen LogP contribution in [-0.4, -0.2) is 79.9 Å². The molecule has 0 aromatic carbocycles. The number of hydrogen-bond donors (Lipinski definition) is 8. The molecule has 0 aliphatic rings. The van der Waals surface area contributed by atoms with Crippen molar-refractivity contribution < 1.29 is 39.0 Å². The second-order valence-corrected chi connectivity index (χ2v) is 8.31. The van der Waals surface area contributed by atoms with Gasteiger partial charge in [-0.1, -0.05) is 13.8 Å². The summed E-state index contributed by atoms with van der Waals surface area (Å²) in [6.45, 7) is 3.51. The number of hydrogen-bond acceptors (Lipinski definition) is 8. The molecule has 0 saturated carbocycles. The van der Waals surface area contributed by atoms with Gasteiger partial charge in [0.15, 0.2) is 0 Å². The minimum atomic E-state index is -1.64. The summed E-state index contributed by atoms with van der Waals surface area (Å²) >= 11 is 0. The van der Waals surface area contributed by atoms with Crippen LogP contribution in [0, 0.1) is 5.92 Å². The maximum absolute atomic E-state index is 12.9. The second kappa shape index (κ2) is 13.6. The van der Waals surface area contributed by atoms with Gasteiger partial charge in [-0.15, -0.1) is 0 Å². The first-order valence-corrected chi connectivity index (χ1v) is 10.7. The second-order valence-electron chi connectivity index (χ2n) is 8.31. The molecule has 35 heavy (non-hydrogen) atoms. The Morgan fingerprint density at radius 1 is 0.943 bits per heavy atom. The number of aromatic nitrogens is 2. The highest BCUT2D eigenvalue weighted by Gasteiger charge is 2.32. The van der Waals surface area contributed by atoms with E-state index in [-0.39, 0.29) is 18.8 Å². The van der Waals surface area contributed by atoms with E-state index in [9.17, 15) is 39.0 Å². The van der Waals surface area contributed by atoms with Crippen molar-refractivity contribution in [3.63, 3.8) is 0 Å². The smallest absolute Gasteiger partial charge is 0.326 e. The van der Waals surface area contributed by atoms with Gasteiger partial charge >= 0.3 is 11.9 Å². The minimum Gasteiger partial charge on any atom is -0.481 e. The van der Waals surface area contributed by atoms with Gasteiger partial charge in [0.25, 0.3) is 0 Å². The van der Waals surface area contributed by atoms with Crippen molar-refractivity contribution in [2.24, 2.45) is 17.4 Å². The van der Waals surface area contributed by atoms with Gasteiger partial charge in [-0.25, -0.2) is 9.78 Å². The molecule has 4 unspecified atom stereocenters. The summed E-state index contributed by atoms with van der Waals surface area (Å²) in [4.78, 5) is 78.2. The summed E-state index contributed by atoms with van der Waals surface area (Å²) < 4.78 is 0. The van der Waals surface area contributed by atoms with Crippen LogP contribution in [0.3, 0.4) is 0 Å². The quantitative estimate of drug-likeness (QED) is 0.123. The van der Waals surface area contributed by atoms with Crippen molar-refractivity contribution in [2.75, 3.05) is 0 Å². The van der Waals surface area contributed by atoms with Crippen LogP contribution >= 0.6 is 0 Å². The standard InChI is InChI=1S/C20H31N7O8/c1-9(2)3-12(25-17(31)11(21)5-15(22)28)18(32)26-13(6-16(29)30)19(33)27-14(20(34)35)4-10-7-23-8-24-10/h7-9,11-14H,3-6,21H2,1-2H3,(H2,22,28)(H,23,24)(H,25,31)(H,26,32)(H,27,33)(H,29,30)(H,34,35). The molecule has 10 N–H and O–H groups in total. The van der Waals surface area contributed by atoms with Gasteiger partial charge in [0, 0.05) is 18.3 Å². The van der Waals surface area contributed by atoms with E-state index < -0.39 is 72.6 Å². The summed E-state index contributed by atoms with van der Waals surface area (Å²) in [6.07, 6.45) is 1.30. The van der Waals surface area contributed by atoms with Gasteiger partial charge < -0.3 is 42.6 Å². The van der Waals surface area contributed by atoms with E-state index in [4.69, 9.17) is 11.5 Å². The Kier molecular flexibility index (Phi) is 11.3. The average molecular weight is 498 g/mol. The lowest BCUT2D eigenvalue weighted by molar-refractivity contribution is -0.143. The van der Waals surface area contributed by atoms with E-state index >= 15 is 0 Å². The first kappa shape index (κ1) is 29.0. The Bertz CT molecular complexity index is 919. The number of carboxylic acids is 2. The summed E-state index contributed by atoms with van der Waals surface area (Å²) in [5.41, 5.74) is 11.0. The Balaban J connectivity index is 2.99. The number of carbonyl (C=O) groups is 6. The SMILES string of the molecule is CC(C)CC(NC(=O)C(N)CC(N)=O)C(=O)NC(CC(=O)O)C(=O)NC(Cc1cnc[nH]1)C(=O)O. The molecule has 0 spiro atoms. The summed E-state index contributed by atoms with van der Waals surface area (Å²) in [6, 6.07) is -5.61. The molecule has 194 valence electrons. The van der Waals surface area contributed by atoms with E-state index in [1.807, 2.05) is 0 Å². The molecular weight excluding hydrogens is 466 g/mol. The highest BCUT2D eigenvalue weighted by molar-refractivity contribution is 5.96. The van der Waals surface area contributed by atoms with Crippen LogP contribution in [-0.2, 0) is 35.2 Å². The van der Waals surface area contributed by atoms with Crippen LogP contribution in [0.2, 0.25) is 0 Å². The summed E-state index contributed by atoms with van der Waals surface area (Å²) in [5.74, 6) is -6.53. The Labute approximate surface area is 200 Å². The van der Waals surface area contributed by atoms with E-state index in [2.05, 4.69) is 25.9 Å². The molecule has 0 bridgehead atoms. The molecular formula is C20H31N7O8. The molecule has 1 heterocycles. The number of amides is 4. The number of aliphatic carboxylic acids is 2. The van der Waals surface area contributed by atoms with Crippen molar-refractivity contribution in [3.8, 4) is 0 Å². The zero-order valence-corrected chi connectivity index (χ0v) is 19.3. The number of carbonyl (C=O) groups excluding carboxylic acids is 4. The van der Waals surface area contributed by atoms with Gasteiger partial charge in [0.05, 0.1) is 25.2 Å². The Morgan fingerprint density at radius 2 is 1.51 bits per heavy atom. The van der Waals surface area contributed by atoms with Crippen LogP contribution in [0.15, 0.2) is 12.5 Å². The first-order valence-electron chi connectivity index (χ1n) is 10.7. The molecule has 4 atom stereocenters.